The summed E-state index contributed by atoms with van der Waals surface area (Å²) in [6.45, 7) is 0. The lowest BCUT2D eigenvalue weighted by molar-refractivity contribution is 1.08. The average Bonchev–Trinajstić information content (AvgIpc) is 2.88. The molecule has 0 amide bonds. The monoisotopic (exact) mass is 275 g/mol. The first kappa shape index (κ1) is 11.9. The molecule has 0 fully saturated rings. The van der Waals surface area contributed by atoms with Crippen molar-refractivity contribution in [1.82, 2.24) is 9.97 Å². The topological polar surface area (TPSA) is 51.8 Å². The highest BCUT2D eigenvalue weighted by atomic mass is 32.2. The fourth-order valence-corrected chi connectivity index (χ4v) is 3.41. The van der Waals surface area contributed by atoms with E-state index in [0.717, 1.165) is 34.2 Å². The van der Waals surface area contributed by atoms with Crippen LogP contribution in [-0.4, -0.2) is 16.2 Å². The number of fused-ring (bicyclic) bond motifs is 1. The van der Waals surface area contributed by atoms with Crippen LogP contribution in [0, 0.1) is 0 Å². The zero-order chi connectivity index (χ0) is 12.5. The molecular formula is C13H13N3S2. The molecule has 0 radical (unpaired) electrons. The van der Waals surface area contributed by atoms with Crippen LogP contribution >= 0.6 is 23.5 Å². The molecule has 0 bridgehead atoms. The maximum atomic E-state index is 6.00. The van der Waals surface area contributed by atoms with Crippen LogP contribution in [0.3, 0.4) is 0 Å². The van der Waals surface area contributed by atoms with E-state index in [4.69, 9.17) is 5.73 Å². The van der Waals surface area contributed by atoms with Crippen molar-refractivity contribution >= 4 is 29.3 Å². The fourth-order valence-electron chi connectivity index (χ4n) is 1.95. The number of hydrogen-bond acceptors (Lipinski definition) is 5. The van der Waals surface area contributed by atoms with Gasteiger partial charge in [-0.25, -0.2) is 9.97 Å². The highest BCUT2D eigenvalue weighted by molar-refractivity contribution is 7.98. The van der Waals surface area contributed by atoms with Crippen molar-refractivity contribution < 1.29 is 0 Å². The first-order valence-corrected chi connectivity index (χ1v) is 8.03. The Hall–Kier alpha value is -1.20. The summed E-state index contributed by atoms with van der Waals surface area (Å²) in [6.07, 6.45) is 2.07. The van der Waals surface area contributed by atoms with Gasteiger partial charge < -0.3 is 5.73 Å². The lowest BCUT2D eigenvalue weighted by atomic mass is 10.2. The van der Waals surface area contributed by atoms with E-state index in [2.05, 4.69) is 40.5 Å². The number of nitrogens with two attached hydrogens (primary N) is 1. The number of nitrogen functional groups attached to an aromatic ring is 1. The van der Waals surface area contributed by atoms with Gasteiger partial charge in [0.15, 0.2) is 5.82 Å². The molecule has 0 unspecified atom stereocenters. The molecule has 1 aromatic heterocycles. The van der Waals surface area contributed by atoms with Crippen molar-refractivity contribution in [2.24, 2.45) is 0 Å². The van der Waals surface area contributed by atoms with E-state index in [0.29, 0.717) is 5.82 Å². The third-order valence-corrected chi connectivity index (χ3v) is 4.67. The molecule has 0 atom stereocenters. The van der Waals surface area contributed by atoms with Gasteiger partial charge in [-0.05, 0) is 18.4 Å². The second kappa shape index (κ2) is 4.82. The van der Waals surface area contributed by atoms with Crippen LogP contribution < -0.4 is 5.73 Å². The van der Waals surface area contributed by atoms with Gasteiger partial charge in [-0.1, -0.05) is 12.1 Å². The summed E-state index contributed by atoms with van der Waals surface area (Å²) >= 11 is 3.57. The second-order valence-electron chi connectivity index (χ2n) is 4.08. The smallest absolute Gasteiger partial charge is 0.161 e. The molecule has 1 aliphatic rings. The van der Waals surface area contributed by atoms with E-state index < -0.39 is 0 Å². The SMILES string of the molecule is CSc1ccc(-c2nc(N)c3c(n2)CSC3)cc1. The summed E-state index contributed by atoms with van der Waals surface area (Å²) in [5.41, 5.74) is 9.23. The zero-order valence-corrected chi connectivity index (χ0v) is 11.6. The van der Waals surface area contributed by atoms with E-state index in [1.807, 2.05) is 11.8 Å². The van der Waals surface area contributed by atoms with Gasteiger partial charge in [0, 0.05) is 27.5 Å². The molecule has 0 aliphatic carbocycles. The maximum Gasteiger partial charge on any atom is 0.161 e. The molecule has 2 N–H and O–H groups in total. The zero-order valence-electron chi connectivity index (χ0n) is 10.0. The van der Waals surface area contributed by atoms with E-state index in [9.17, 15) is 0 Å². The normalized spacial score (nSPS) is 13.6. The molecule has 92 valence electrons. The molecule has 5 heteroatoms. The van der Waals surface area contributed by atoms with Crippen molar-refractivity contribution in [3.05, 3.63) is 35.5 Å². The highest BCUT2D eigenvalue weighted by Crippen LogP contribution is 2.33. The lowest BCUT2D eigenvalue weighted by Crippen LogP contribution is -2.02. The first-order chi connectivity index (χ1) is 8.78. The predicted molar refractivity (Wildman–Crippen MR) is 78.7 cm³/mol. The van der Waals surface area contributed by atoms with E-state index in [-0.39, 0.29) is 0 Å². The van der Waals surface area contributed by atoms with Crippen molar-refractivity contribution in [2.45, 2.75) is 16.4 Å². The predicted octanol–water partition coefficient (Wildman–Crippen LogP) is 3.19. The molecule has 0 spiro atoms. The van der Waals surface area contributed by atoms with E-state index >= 15 is 0 Å². The molecule has 0 saturated carbocycles. The Morgan fingerprint density at radius 2 is 1.94 bits per heavy atom. The minimum absolute atomic E-state index is 0.633. The number of rotatable bonds is 2. The van der Waals surface area contributed by atoms with E-state index in [1.54, 1.807) is 11.8 Å². The molecule has 18 heavy (non-hydrogen) atoms. The van der Waals surface area contributed by atoms with Crippen molar-refractivity contribution in [1.29, 1.82) is 0 Å². The van der Waals surface area contributed by atoms with Crippen LogP contribution in [0.2, 0.25) is 0 Å². The van der Waals surface area contributed by atoms with Crippen molar-refractivity contribution in [3.8, 4) is 11.4 Å². The van der Waals surface area contributed by atoms with Gasteiger partial charge in [0.1, 0.15) is 5.82 Å². The molecule has 2 heterocycles. The third-order valence-electron chi connectivity index (χ3n) is 2.96. The number of hydrogen-bond donors (Lipinski definition) is 1. The Bertz CT molecular complexity index is 582. The highest BCUT2D eigenvalue weighted by Gasteiger charge is 2.18. The van der Waals surface area contributed by atoms with Gasteiger partial charge in [0.2, 0.25) is 0 Å². The molecule has 1 aromatic carbocycles. The van der Waals surface area contributed by atoms with Crippen LogP contribution in [0.1, 0.15) is 11.3 Å². The second-order valence-corrected chi connectivity index (χ2v) is 5.94. The van der Waals surface area contributed by atoms with Gasteiger partial charge in [-0.15, -0.1) is 11.8 Å². The first-order valence-electron chi connectivity index (χ1n) is 5.65. The minimum atomic E-state index is 0.633. The number of benzene rings is 1. The maximum absolute atomic E-state index is 6.00. The minimum Gasteiger partial charge on any atom is -0.383 e. The number of anilines is 1. The average molecular weight is 275 g/mol. The summed E-state index contributed by atoms with van der Waals surface area (Å²) in [5.74, 6) is 3.25. The van der Waals surface area contributed by atoms with Crippen LogP contribution in [0.25, 0.3) is 11.4 Å². The summed E-state index contributed by atoms with van der Waals surface area (Å²) < 4.78 is 0. The Morgan fingerprint density at radius 1 is 1.17 bits per heavy atom. The summed E-state index contributed by atoms with van der Waals surface area (Å²) in [6, 6.07) is 8.27. The van der Waals surface area contributed by atoms with Crippen molar-refractivity contribution in [3.63, 3.8) is 0 Å². The van der Waals surface area contributed by atoms with Gasteiger partial charge in [-0.2, -0.15) is 11.8 Å². The Labute approximate surface area is 115 Å². The molecular weight excluding hydrogens is 262 g/mol. The van der Waals surface area contributed by atoms with Crippen LogP contribution in [0.15, 0.2) is 29.2 Å². The molecule has 2 aromatic rings. The fraction of sp³-hybridized carbons (Fsp3) is 0.231. The van der Waals surface area contributed by atoms with Gasteiger partial charge in [0.25, 0.3) is 0 Å². The van der Waals surface area contributed by atoms with Gasteiger partial charge in [-0.3, -0.25) is 0 Å². The summed E-state index contributed by atoms with van der Waals surface area (Å²) in [7, 11) is 0. The van der Waals surface area contributed by atoms with Crippen LogP contribution in [0.4, 0.5) is 5.82 Å². The molecule has 1 aliphatic heterocycles. The number of nitrogens with zero attached hydrogens (tertiary/aromatic N) is 2. The molecule has 0 saturated heterocycles. The van der Waals surface area contributed by atoms with Gasteiger partial charge in [0.05, 0.1) is 5.69 Å². The Balaban J connectivity index is 2.03. The molecule has 3 nitrogen and oxygen atoms in total. The number of aromatic nitrogens is 2. The quantitative estimate of drug-likeness (QED) is 0.853. The Morgan fingerprint density at radius 3 is 2.67 bits per heavy atom. The lowest BCUT2D eigenvalue weighted by Gasteiger charge is -2.06. The standard InChI is InChI=1S/C13H13N3S2/c1-17-9-4-2-8(3-5-9)13-15-11-7-18-6-10(11)12(14)16-13/h2-5H,6-7H2,1H3,(H2,14,15,16). The largest absolute Gasteiger partial charge is 0.383 e. The Kier molecular flexibility index (Phi) is 3.18. The summed E-state index contributed by atoms with van der Waals surface area (Å²) in [4.78, 5) is 10.3. The van der Waals surface area contributed by atoms with Gasteiger partial charge >= 0.3 is 0 Å². The van der Waals surface area contributed by atoms with Crippen molar-refractivity contribution in [2.75, 3.05) is 12.0 Å². The molecule has 3 rings (SSSR count). The third kappa shape index (κ3) is 2.08. The number of thioether (sulfide) groups is 2. The summed E-state index contributed by atoms with van der Waals surface area (Å²) in [5, 5.41) is 0. The van der Waals surface area contributed by atoms with Crippen LogP contribution in [-0.2, 0) is 11.5 Å². The van der Waals surface area contributed by atoms with E-state index in [1.165, 1.54) is 4.90 Å². The van der Waals surface area contributed by atoms with Crippen LogP contribution in [0.5, 0.6) is 0 Å².